The van der Waals surface area contributed by atoms with Crippen LogP contribution in [-0.2, 0) is 27.8 Å². The van der Waals surface area contributed by atoms with Gasteiger partial charge in [0.05, 0.1) is 6.26 Å². The maximum Gasteiger partial charge on any atom is 0.262 e. The molecule has 7 heteroatoms. The van der Waals surface area contributed by atoms with Gasteiger partial charge < -0.3 is 10.1 Å². The number of amides is 1. The number of nitrogens with one attached hydrogen (secondary N) is 1. The molecule has 1 N–H and O–H groups in total. The summed E-state index contributed by atoms with van der Waals surface area (Å²) in [5.41, 5.74) is 2.78. The highest BCUT2D eigenvalue weighted by molar-refractivity contribution is 7.88. The third-order valence-corrected chi connectivity index (χ3v) is 5.17. The summed E-state index contributed by atoms with van der Waals surface area (Å²) in [6.07, 6.45) is 2.12. The van der Waals surface area contributed by atoms with Crippen molar-refractivity contribution in [3.8, 4) is 5.75 Å². The van der Waals surface area contributed by atoms with Crippen LogP contribution in [0.2, 0.25) is 0 Å². The number of carbonyl (C=O) groups is 1. The van der Waals surface area contributed by atoms with Gasteiger partial charge in [-0.2, -0.15) is 0 Å². The van der Waals surface area contributed by atoms with Crippen molar-refractivity contribution >= 4 is 21.6 Å². The Hall–Kier alpha value is -2.38. The molecule has 140 valence electrons. The highest BCUT2D eigenvalue weighted by Gasteiger charge is 2.11. The third kappa shape index (κ3) is 6.16. The number of nitrogens with zero attached hydrogens (tertiary/aromatic N) is 1. The summed E-state index contributed by atoms with van der Waals surface area (Å²) in [5.74, 6) is 0.308. The SMILES string of the molecule is CCc1ccc(NC(=O)COc2ccc(CN(C)S(C)(=O)=O)cc2)cc1. The summed E-state index contributed by atoms with van der Waals surface area (Å²) < 4.78 is 29.6. The molecule has 0 fully saturated rings. The lowest BCUT2D eigenvalue weighted by molar-refractivity contribution is -0.118. The molecule has 2 aromatic carbocycles. The molecular formula is C19H24N2O4S. The van der Waals surface area contributed by atoms with Crippen molar-refractivity contribution in [2.45, 2.75) is 19.9 Å². The fourth-order valence-electron chi connectivity index (χ4n) is 2.24. The van der Waals surface area contributed by atoms with E-state index in [-0.39, 0.29) is 19.1 Å². The molecule has 0 aromatic heterocycles. The summed E-state index contributed by atoms with van der Waals surface area (Å²) in [6.45, 7) is 2.26. The van der Waals surface area contributed by atoms with Crippen LogP contribution in [0.5, 0.6) is 5.75 Å². The second kappa shape index (κ2) is 8.82. The first-order chi connectivity index (χ1) is 12.3. The van der Waals surface area contributed by atoms with Gasteiger partial charge in [-0.3, -0.25) is 4.79 Å². The Morgan fingerprint density at radius 2 is 1.62 bits per heavy atom. The minimum atomic E-state index is -3.22. The van der Waals surface area contributed by atoms with E-state index in [0.29, 0.717) is 5.75 Å². The second-order valence-electron chi connectivity index (χ2n) is 6.05. The molecule has 0 heterocycles. The van der Waals surface area contributed by atoms with Crippen molar-refractivity contribution in [2.75, 3.05) is 25.2 Å². The lowest BCUT2D eigenvalue weighted by Crippen LogP contribution is -2.24. The van der Waals surface area contributed by atoms with Crippen LogP contribution in [-0.4, -0.2) is 38.5 Å². The molecule has 0 spiro atoms. The maximum atomic E-state index is 12.0. The first-order valence-corrected chi connectivity index (χ1v) is 10.1. The van der Waals surface area contributed by atoms with Crippen LogP contribution in [0.4, 0.5) is 5.69 Å². The van der Waals surface area contributed by atoms with Gasteiger partial charge in [0.2, 0.25) is 10.0 Å². The van der Waals surface area contributed by atoms with E-state index in [1.807, 2.05) is 24.3 Å². The Labute approximate surface area is 154 Å². The Morgan fingerprint density at radius 3 is 2.15 bits per heavy atom. The Balaban J connectivity index is 1.84. The molecular weight excluding hydrogens is 352 g/mol. The number of aryl methyl sites for hydroxylation is 1. The van der Waals surface area contributed by atoms with Crippen molar-refractivity contribution in [1.29, 1.82) is 0 Å². The Morgan fingerprint density at radius 1 is 1.04 bits per heavy atom. The smallest absolute Gasteiger partial charge is 0.262 e. The lowest BCUT2D eigenvalue weighted by atomic mass is 10.1. The van der Waals surface area contributed by atoms with Gasteiger partial charge in [-0.05, 0) is 41.8 Å². The number of anilines is 1. The fourth-order valence-corrected chi connectivity index (χ4v) is 2.62. The summed E-state index contributed by atoms with van der Waals surface area (Å²) in [5, 5.41) is 2.78. The summed E-state index contributed by atoms with van der Waals surface area (Å²) >= 11 is 0. The average Bonchev–Trinajstić information content (AvgIpc) is 2.61. The molecule has 0 bridgehead atoms. The summed E-state index contributed by atoms with van der Waals surface area (Å²) in [4.78, 5) is 12.0. The zero-order valence-electron chi connectivity index (χ0n) is 15.2. The predicted octanol–water partition coefficient (Wildman–Crippen LogP) is 2.66. The van der Waals surface area contributed by atoms with E-state index in [9.17, 15) is 13.2 Å². The van der Waals surface area contributed by atoms with Crippen LogP contribution in [0.3, 0.4) is 0 Å². The first kappa shape index (κ1) is 19.9. The van der Waals surface area contributed by atoms with Crippen molar-refractivity contribution in [2.24, 2.45) is 0 Å². The molecule has 2 rings (SSSR count). The van der Waals surface area contributed by atoms with E-state index in [0.717, 1.165) is 17.7 Å². The molecule has 0 unspecified atom stereocenters. The first-order valence-electron chi connectivity index (χ1n) is 8.30. The van der Waals surface area contributed by atoms with Crippen LogP contribution in [0.15, 0.2) is 48.5 Å². The molecule has 0 saturated heterocycles. The van der Waals surface area contributed by atoms with Crippen LogP contribution in [0, 0.1) is 0 Å². The minimum absolute atomic E-state index is 0.0991. The number of ether oxygens (including phenoxy) is 1. The molecule has 0 aliphatic carbocycles. The maximum absolute atomic E-state index is 12.0. The van der Waals surface area contributed by atoms with E-state index in [2.05, 4.69) is 12.2 Å². The second-order valence-corrected chi connectivity index (χ2v) is 8.14. The van der Waals surface area contributed by atoms with Crippen LogP contribution in [0.1, 0.15) is 18.1 Å². The number of hydrogen-bond donors (Lipinski definition) is 1. The molecule has 0 aliphatic rings. The van der Waals surface area contributed by atoms with E-state index < -0.39 is 10.0 Å². The lowest BCUT2D eigenvalue weighted by Gasteiger charge is -2.14. The summed E-state index contributed by atoms with van der Waals surface area (Å²) in [6, 6.07) is 14.7. The molecule has 6 nitrogen and oxygen atoms in total. The minimum Gasteiger partial charge on any atom is -0.484 e. The third-order valence-electron chi connectivity index (χ3n) is 3.91. The highest BCUT2D eigenvalue weighted by Crippen LogP contribution is 2.15. The van der Waals surface area contributed by atoms with Gasteiger partial charge in [0.1, 0.15) is 5.75 Å². The Bertz CT molecular complexity index is 831. The van der Waals surface area contributed by atoms with E-state index in [1.165, 1.54) is 23.2 Å². The van der Waals surface area contributed by atoms with Crippen LogP contribution in [0.25, 0.3) is 0 Å². The van der Waals surface area contributed by atoms with Gasteiger partial charge in [-0.25, -0.2) is 12.7 Å². The van der Waals surface area contributed by atoms with Crippen LogP contribution >= 0.6 is 0 Å². The topological polar surface area (TPSA) is 75.7 Å². The molecule has 2 aromatic rings. The number of sulfonamides is 1. The summed E-state index contributed by atoms with van der Waals surface area (Å²) in [7, 11) is -1.69. The van der Waals surface area contributed by atoms with Gasteiger partial charge in [-0.15, -0.1) is 0 Å². The standard InChI is InChI=1S/C19H24N2O4S/c1-4-15-5-9-17(10-6-15)20-19(22)14-25-18-11-7-16(8-12-18)13-21(2)26(3,23)24/h5-12H,4,13-14H2,1-3H3,(H,20,22). The van der Waals surface area contributed by atoms with Crippen molar-refractivity contribution < 1.29 is 17.9 Å². The molecule has 26 heavy (non-hydrogen) atoms. The quantitative estimate of drug-likeness (QED) is 0.768. The number of rotatable bonds is 8. The van der Waals surface area contributed by atoms with Crippen molar-refractivity contribution in [1.82, 2.24) is 4.31 Å². The molecule has 0 aliphatic heterocycles. The zero-order valence-corrected chi connectivity index (χ0v) is 16.0. The molecule has 0 saturated carbocycles. The highest BCUT2D eigenvalue weighted by atomic mass is 32.2. The van der Waals surface area contributed by atoms with Crippen molar-refractivity contribution in [3.63, 3.8) is 0 Å². The molecule has 0 radical (unpaired) electrons. The van der Waals surface area contributed by atoms with Gasteiger partial charge in [0, 0.05) is 19.3 Å². The van der Waals surface area contributed by atoms with Crippen LogP contribution < -0.4 is 10.1 Å². The largest absolute Gasteiger partial charge is 0.484 e. The van der Waals surface area contributed by atoms with E-state index >= 15 is 0 Å². The fraction of sp³-hybridized carbons (Fsp3) is 0.316. The number of carbonyl (C=O) groups excluding carboxylic acids is 1. The van der Waals surface area contributed by atoms with Gasteiger partial charge in [-0.1, -0.05) is 31.2 Å². The monoisotopic (exact) mass is 376 g/mol. The van der Waals surface area contributed by atoms with E-state index in [4.69, 9.17) is 4.74 Å². The van der Waals surface area contributed by atoms with Gasteiger partial charge >= 0.3 is 0 Å². The number of benzene rings is 2. The number of hydrogen-bond acceptors (Lipinski definition) is 4. The molecule has 0 atom stereocenters. The van der Waals surface area contributed by atoms with E-state index in [1.54, 1.807) is 24.3 Å². The molecule has 1 amide bonds. The normalized spacial score (nSPS) is 11.4. The predicted molar refractivity (Wildman–Crippen MR) is 103 cm³/mol. The van der Waals surface area contributed by atoms with Gasteiger partial charge in [0.15, 0.2) is 6.61 Å². The Kier molecular flexibility index (Phi) is 6.76. The van der Waals surface area contributed by atoms with Crippen molar-refractivity contribution in [3.05, 3.63) is 59.7 Å². The average molecular weight is 376 g/mol. The van der Waals surface area contributed by atoms with Gasteiger partial charge in [0.25, 0.3) is 5.91 Å². The zero-order chi connectivity index (χ0) is 19.2.